The lowest BCUT2D eigenvalue weighted by Gasteiger charge is -2.42. The van der Waals surface area contributed by atoms with Gasteiger partial charge >= 0.3 is 0 Å². The Morgan fingerprint density at radius 1 is 1.22 bits per heavy atom. The van der Waals surface area contributed by atoms with Crippen LogP contribution in [0.15, 0.2) is 29.3 Å². The Kier molecular flexibility index (Phi) is 6.90. The Morgan fingerprint density at radius 2 is 1.96 bits per heavy atom. The summed E-state index contributed by atoms with van der Waals surface area (Å²) in [6, 6.07) is 8.72. The lowest BCUT2D eigenvalue weighted by molar-refractivity contribution is 0.0732. The van der Waals surface area contributed by atoms with E-state index in [0.29, 0.717) is 5.41 Å². The van der Waals surface area contributed by atoms with Gasteiger partial charge in [-0.2, -0.15) is 0 Å². The van der Waals surface area contributed by atoms with Crippen LogP contribution in [0.3, 0.4) is 0 Å². The van der Waals surface area contributed by atoms with E-state index in [4.69, 9.17) is 4.74 Å². The molecule has 23 heavy (non-hydrogen) atoms. The molecular weight excluding hydrogens is 286 g/mol. The fourth-order valence-corrected chi connectivity index (χ4v) is 3.08. The van der Waals surface area contributed by atoms with E-state index in [0.717, 1.165) is 38.5 Å². The smallest absolute Gasteiger partial charge is 0.191 e. The third kappa shape index (κ3) is 5.54. The van der Waals surface area contributed by atoms with Crippen molar-refractivity contribution in [2.75, 3.05) is 33.9 Å². The maximum Gasteiger partial charge on any atom is 0.191 e. The minimum Gasteiger partial charge on any atom is -0.385 e. The number of rotatable bonds is 8. The van der Waals surface area contributed by atoms with Crippen LogP contribution in [-0.4, -0.2) is 39.8 Å². The average Bonchev–Trinajstić information content (AvgIpc) is 2.53. The molecule has 1 aliphatic rings. The van der Waals surface area contributed by atoms with E-state index in [1.807, 2.05) is 7.05 Å². The van der Waals surface area contributed by atoms with Gasteiger partial charge in [0.15, 0.2) is 5.96 Å². The van der Waals surface area contributed by atoms with Crippen molar-refractivity contribution in [1.82, 2.24) is 10.6 Å². The van der Waals surface area contributed by atoms with Crippen molar-refractivity contribution in [3.63, 3.8) is 0 Å². The van der Waals surface area contributed by atoms with Gasteiger partial charge in [-0.25, -0.2) is 0 Å². The molecule has 0 saturated heterocycles. The summed E-state index contributed by atoms with van der Waals surface area (Å²) in [5.74, 6) is 0.904. The van der Waals surface area contributed by atoms with E-state index in [1.54, 1.807) is 7.11 Å². The Balaban J connectivity index is 1.71. The SMILES string of the molecule is CN=C(NCCc1ccc(C)cc1)NCC1(CCOC)CCC1. The lowest BCUT2D eigenvalue weighted by atomic mass is 9.67. The zero-order valence-corrected chi connectivity index (χ0v) is 14.8. The molecule has 1 aromatic rings. The monoisotopic (exact) mass is 317 g/mol. The molecule has 2 rings (SSSR count). The zero-order chi connectivity index (χ0) is 16.5. The molecule has 0 aromatic heterocycles. The molecular formula is C19H31N3O. The van der Waals surface area contributed by atoms with Crippen molar-refractivity contribution in [3.8, 4) is 0 Å². The highest BCUT2D eigenvalue weighted by Gasteiger charge is 2.36. The average molecular weight is 317 g/mol. The van der Waals surface area contributed by atoms with Gasteiger partial charge in [0.2, 0.25) is 0 Å². The summed E-state index contributed by atoms with van der Waals surface area (Å²) < 4.78 is 5.25. The summed E-state index contributed by atoms with van der Waals surface area (Å²) in [6.45, 7) is 4.85. The summed E-state index contributed by atoms with van der Waals surface area (Å²) in [7, 11) is 3.62. The van der Waals surface area contributed by atoms with Crippen molar-refractivity contribution in [3.05, 3.63) is 35.4 Å². The Hall–Kier alpha value is -1.55. The second kappa shape index (κ2) is 8.92. The maximum atomic E-state index is 5.25. The van der Waals surface area contributed by atoms with Crippen LogP contribution in [0.5, 0.6) is 0 Å². The predicted octanol–water partition coefficient (Wildman–Crippen LogP) is 2.91. The number of guanidine groups is 1. The number of benzene rings is 1. The van der Waals surface area contributed by atoms with Gasteiger partial charge in [0.1, 0.15) is 0 Å². The minimum atomic E-state index is 0.407. The van der Waals surface area contributed by atoms with Gasteiger partial charge < -0.3 is 15.4 Å². The first kappa shape index (κ1) is 17.8. The highest BCUT2D eigenvalue weighted by atomic mass is 16.5. The van der Waals surface area contributed by atoms with E-state index in [1.165, 1.54) is 30.4 Å². The number of aryl methyl sites for hydroxylation is 1. The number of nitrogens with one attached hydrogen (secondary N) is 2. The highest BCUT2D eigenvalue weighted by Crippen LogP contribution is 2.43. The third-order valence-corrected chi connectivity index (χ3v) is 4.93. The number of methoxy groups -OCH3 is 1. The van der Waals surface area contributed by atoms with Crippen LogP contribution in [-0.2, 0) is 11.2 Å². The first-order valence-electron chi connectivity index (χ1n) is 8.66. The Morgan fingerprint density at radius 3 is 2.52 bits per heavy atom. The molecule has 1 fully saturated rings. The van der Waals surface area contributed by atoms with Crippen molar-refractivity contribution in [2.24, 2.45) is 10.4 Å². The predicted molar refractivity (Wildman–Crippen MR) is 97.0 cm³/mol. The van der Waals surface area contributed by atoms with E-state index in [2.05, 4.69) is 46.8 Å². The molecule has 1 aliphatic carbocycles. The molecule has 0 heterocycles. The summed E-state index contributed by atoms with van der Waals surface area (Å²) in [5.41, 5.74) is 3.07. The number of nitrogens with zero attached hydrogens (tertiary/aromatic N) is 1. The molecule has 0 atom stereocenters. The quantitative estimate of drug-likeness (QED) is 0.572. The standard InChI is InChI=1S/C19H31N3O/c1-16-5-7-17(8-6-16)9-13-21-18(20-2)22-15-19(10-4-11-19)12-14-23-3/h5-8H,4,9-15H2,1-3H3,(H2,20,21,22). The van der Waals surface area contributed by atoms with Crippen LogP contribution < -0.4 is 10.6 Å². The molecule has 4 heteroatoms. The molecule has 2 N–H and O–H groups in total. The van der Waals surface area contributed by atoms with Gasteiger partial charge in [-0.15, -0.1) is 0 Å². The number of hydrogen-bond donors (Lipinski definition) is 2. The van der Waals surface area contributed by atoms with Crippen molar-refractivity contribution >= 4 is 5.96 Å². The van der Waals surface area contributed by atoms with E-state index in [9.17, 15) is 0 Å². The first-order chi connectivity index (χ1) is 11.2. The van der Waals surface area contributed by atoms with Gasteiger partial charge in [-0.3, -0.25) is 4.99 Å². The van der Waals surface area contributed by atoms with Crippen molar-refractivity contribution in [2.45, 2.75) is 39.0 Å². The molecule has 0 unspecified atom stereocenters. The molecule has 0 spiro atoms. The van der Waals surface area contributed by atoms with Gasteiger partial charge in [-0.05, 0) is 43.6 Å². The molecule has 128 valence electrons. The molecule has 0 amide bonds. The minimum absolute atomic E-state index is 0.407. The fraction of sp³-hybridized carbons (Fsp3) is 0.632. The van der Waals surface area contributed by atoms with Gasteiger partial charge in [0, 0.05) is 33.9 Å². The van der Waals surface area contributed by atoms with E-state index < -0.39 is 0 Å². The second-order valence-electron chi connectivity index (χ2n) is 6.68. The van der Waals surface area contributed by atoms with Crippen molar-refractivity contribution < 1.29 is 4.74 Å². The summed E-state index contributed by atoms with van der Waals surface area (Å²) in [6.07, 6.45) is 6.07. The Labute approximate surface area is 140 Å². The topological polar surface area (TPSA) is 45.7 Å². The summed E-state index contributed by atoms with van der Waals surface area (Å²) >= 11 is 0. The van der Waals surface area contributed by atoms with Crippen LogP contribution in [0.25, 0.3) is 0 Å². The lowest BCUT2D eigenvalue weighted by Crippen LogP contribution is -2.47. The van der Waals surface area contributed by atoms with Crippen LogP contribution >= 0.6 is 0 Å². The molecule has 0 aliphatic heterocycles. The van der Waals surface area contributed by atoms with Crippen molar-refractivity contribution in [1.29, 1.82) is 0 Å². The molecule has 1 saturated carbocycles. The van der Waals surface area contributed by atoms with E-state index in [-0.39, 0.29) is 0 Å². The van der Waals surface area contributed by atoms with Crippen LogP contribution in [0.1, 0.15) is 36.8 Å². The summed E-state index contributed by atoms with van der Waals surface area (Å²) in [4.78, 5) is 4.34. The first-order valence-corrected chi connectivity index (χ1v) is 8.66. The number of ether oxygens (including phenoxy) is 1. The van der Waals surface area contributed by atoms with Gasteiger partial charge in [0.05, 0.1) is 0 Å². The second-order valence-corrected chi connectivity index (χ2v) is 6.68. The molecule has 0 radical (unpaired) electrons. The normalized spacial score (nSPS) is 16.7. The van der Waals surface area contributed by atoms with E-state index >= 15 is 0 Å². The largest absolute Gasteiger partial charge is 0.385 e. The number of hydrogen-bond acceptors (Lipinski definition) is 2. The van der Waals surface area contributed by atoms with Gasteiger partial charge in [-0.1, -0.05) is 36.2 Å². The third-order valence-electron chi connectivity index (χ3n) is 4.93. The zero-order valence-electron chi connectivity index (χ0n) is 14.8. The molecule has 0 bridgehead atoms. The fourth-order valence-electron chi connectivity index (χ4n) is 3.08. The van der Waals surface area contributed by atoms with Crippen LogP contribution in [0.4, 0.5) is 0 Å². The van der Waals surface area contributed by atoms with Crippen LogP contribution in [0, 0.1) is 12.3 Å². The Bertz CT molecular complexity index is 492. The number of aliphatic imine (C=N–C) groups is 1. The summed E-state index contributed by atoms with van der Waals surface area (Å²) in [5, 5.41) is 6.92. The van der Waals surface area contributed by atoms with Crippen LogP contribution in [0.2, 0.25) is 0 Å². The van der Waals surface area contributed by atoms with Gasteiger partial charge in [0.25, 0.3) is 0 Å². The molecule has 1 aromatic carbocycles. The highest BCUT2D eigenvalue weighted by molar-refractivity contribution is 5.79. The molecule has 4 nitrogen and oxygen atoms in total. The maximum absolute atomic E-state index is 5.25.